The number of carbonyl (C=O) groups is 2. The SMILES string of the molecule is COC(=O)C1CCc2cc(C=O)sc2C1. The molecule has 0 fully saturated rings. The maximum atomic E-state index is 11.4. The largest absolute Gasteiger partial charge is 0.469 e. The summed E-state index contributed by atoms with van der Waals surface area (Å²) in [7, 11) is 1.42. The van der Waals surface area contributed by atoms with Crippen molar-refractivity contribution in [1.82, 2.24) is 0 Å². The quantitative estimate of drug-likeness (QED) is 0.568. The number of fused-ring (bicyclic) bond motifs is 1. The molecule has 1 atom stereocenters. The topological polar surface area (TPSA) is 43.4 Å². The first-order valence-electron chi connectivity index (χ1n) is 4.89. The summed E-state index contributed by atoms with van der Waals surface area (Å²) in [6.07, 6.45) is 3.30. The fourth-order valence-electron chi connectivity index (χ4n) is 1.96. The van der Waals surface area contributed by atoms with Crippen LogP contribution in [0.3, 0.4) is 0 Å². The number of rotatable bonds is 2. The third-order valence-corrected chi connectivity index (χ3v) is 3.89. The zero-order valence-electron chi connectivity index (χ0n) is 8.49. The standard InChI is InChI=1S/C11H12O3S/c1-14-11(13)8-3-2-7-4-9(6-12)15-10(7)5-8/h4,6,8H,2-3,5H2,1H3. The molecule has 1 aliphatic rings. The van der Waals surface area contributed by atoms with E-state index < -0.39 is 0 Å². The minimum absolute atomic E-state index is 0.0272. The summed E-state index contributed by atoms with van der Waals surface area (Å²) < 4.78 is 4.73. The second-order valence-electron chi connectivity index (χ2n) is 3.68. The van der Waals surface area contributed by atoms with Crippen molar-refractivity contribution in [1.29, 1.82) is 0 Å². The van der Waals surface area contributed by atoms with Crippen molar-refractivity contribution in [2.24, 2.45) is 5.92 Å². The average Bonchev–Trinajstić information content (AvgIpc) is 2.69. The summed E-state index contributed by atoms with van der Waals surface area (Å²) in [5.74, 6) is -0.164. The van der Waals surface area contributed by atoms with E-state index in [0.29, 0.717) is 0 Å². The van der Waals surface area contributed by atoms with Crippen LogP contribution in [0.1, 0.15) is 26.5 Å². The minimum atomic E-state index is -0.137. The molecule has 0 saturated heterocycles. The van der Waals surface area contributed by atoms with Gasteiger partial charge in [0.25, 0.3) is 0 Å². The number of methoxy groups -OCH3 is 1. The van der Waals surface area contributed by atoms with Gasteiger partial charge in [0, 0.05) is 4.88 Å². The van der Waals surface area contributed by atoms with Crippen LogP contribution < -0.4 is 0 Å². The van der Waals surface area contributed by atoms with Crippen LogP contribution in [-0.4, -0.2) is 19.4 Å². The predicted octanol–water partition coefficient (Wildman–Crippen LogP) is 1.84. The lowest BCUT2D eigenvalue weighted by atomic mass is 9.89. The van der Waals surface area contributed by atoms with Gasteiger partial charge in [-0.1, -0.05) is 0 Å². The van der Waals surface area contributed by atoms with Gasteiger partial charge >= 0.3 is 5.97 Å². The van der Waals surface area contributed by atoms with Crippen molar-refractivity contribution in [3.63, 3.8) is 0 Å². The Labute approximate surface area is 92.1 Å². The molecule has 4 heteroatoms. The van der Waals surface area contributed by atoms with Gasteiger partial charge in [-0.2, -0.15) is 0 Å². The number of aryl methyl sites for hydroxylation is 1. The smallest absolute Gasteiger partial charge is 0.309 e. The summed E-state index contributed by atoms with van der Waals surface area (Å²) in [5.41, 5.74) is 1.22. The Hall–Kier alpha value is -1.16. The van der Waals surface area contributed by atoms with E-state index in [1.165, 1.54) is 28.9 Å². The molecule has 15 heavy (non-hydrogen) atoms. The van der Waals surface area contributed by atoms with E-state index in [0.717, 1.165) is 30.4 Å². The van der Waals surface area contributed by atoms with Gasteiger partial charge in [-0.15, -0.1) is 11.3 Å². The van der Waals surface area contributed by atoms with Gasteiger partial charge in [0.2, 0.25) is 0 Å². The average molecular weight is 224 g/mol. The molecule has 0 spiro atoms. The van der Waals surface area contributed by atoms with Gasteiger partial charge in [0.15, 0.2) is 6.29 Å². The molecule has 1 aliphatic carbocycles. The maximum Gasteiger partial charge on any atom is 0.309 e. The molecule has 3 nitrogen and oxygen atoms in total. The molecule has 0 aliphatic heterocycles. The molecule has 0 saturated carbocycles. The number of carbonyl (C=O) groups excluding carboxylic acids is 2. The Morgan fingerprint density at radius 2 is 2.47 bits per heavy atom. The van der Waals surface area contributed by atoms with E-state index in [1.807, 2.05) is 6.07 Å². The lowest BCUT2D eigenvalue weighted by Gasteiger charge is -2.19. The van der Waals surface area contributed by atoms with Crippen molar-refractivity contribution in [3.05, 3.63) is 21.4 Å². The van der Waals surface area contributed by atoms with Crippen LogP contribution in [-0.2, 0) is 22.4 Å². The minimum Gasteiger partial charge on any atom is -0.469 e. The van der Waals surface area contributed by atoms with Gasteiger partial charge < -0.3 is 4.74 Å². The van der Waals surface area contributed by atoms with Crippen LogP contribution in [0.4, 0.5) is 0 Å². The fraction of sp³-hybridized carbons (Fsp3) is 0.455. The normalized spacial score (nSPS) is 19.4. The number of hydrogen-bond donors (Lipinski definition) is 0. The zero-order chi connectivity index (χ0) is 10.8. The summed E-state index contributed by atoms with van der Waals surface area (Å²) in [4.78, 5) is 23.9. The molecule has 1 aromatic rings. The highest BCUT2D eigenvalue weighted by atomic mass is 32.1. The van der Waals surface area contributed by atoms with E-state index in [1.54, 1.807) is 0 Å². The molecule has 80 valence electrons. The van der Waals surface area contributed by atoms with E-state index in [9.17, 15) is 9.59 Å². The Morgan fingerprint density at radius 3 is 3.13 bits per heavy atom. The second kappa shape index (κ2) is 4.14. The van der Waals surface area contributed by atoms with Crippen LogP contribution in [0.2, 0.25) is 0 Å². The molecule has 1 heterocycles. The molecular weight excluding hydrogens is 212 g/mol. The first-order chi connectivity index (χ1) is 7.24. The number of aldehydes is 1. The molecule has 2 rings (SSSR count). The highest BCUT2D eigenvalue weighted by molar-refractivity contribution is 7.13. The van der Waals surface area contributed by atoms with Gasteiger partial charge in [-0.3, -0.25) is 9.59 Å². The molecule has 0 N–H and O–H groups in total. The first-order valence-corrected chi connectivity index (χ1v) is 5.71. The number of esters is 1. The Morgan fingerprint density at radius 1 is 1.67 bits per heavy atom. The summed E-state index contributed by atoms with van der Waals surface area (Å²) >= 11 is 1.49. The monoisotopic (exact) mass is 224 g/mol. The van der Waals surface area contributed by atoms with Crippen molar-refractivity contribution in [3.8, 4) is 0 Å². The predicted molar refractivity (Wildman–Crippen MR) is 57.2 cm³/mol. The van der Waals surface area contributed by atoms with Crippen molar-refractivity contribution in [2.75, 3.05) is 7.11 Å². The number of hydrogen-bond acceptors (Lipinski definition) is 4. The third-order valence-electron chi connectivity index (χ3n) is 2.76. The summed E-state index contributed by atoms with van der Waals surface area (Å²) in [5, 5.41) is 0. The first kappa shape index (κ1) is 10.4. The van der Waals surface area contributed by atoms with Crippen LogP contribution >= 0.6 is 11.3 Å². The Kier molecular flexibility index (Phi) is 2.86. The molecule has 0 bridgehead atoms. The molecule has 0 aromatic carbocycles. The van der Waals surface area contributed by atoms with Crippen LogP contribution in [0.5, 0.6) is 0 Å². The van der Waals surface area contributed by atoms with E-state index in [-0.39, 0.29) is 11.9 Å². The van der Waals surface area contributed by atoms with E-state index >= 15 is 0 Å². The van der Waals surface area contributed by atoms with Crippen molar-refractivity contribution < 1.29 is 14.3 Å². The van der Waals surface area contributed by atoms with Gasteiger partial charge in [-0.25, -0.2) is 0 Å². The zero-order valence-corrected chi connectivity index (χ0v) is 9.30. The van der Waals surface area contributed by atoms with Crippen LogP contribution in [0, 0.1) is 5.92 Å². The highest BCUT2D eigenvalue weighted by Crippen LogP contribution is 2.32. The molecule has 0 amide bonds. The van der Waals surface area contributed by atoms with Crippen LogP contribution in [0.15, 0.2) is 6.07 Å². The van der Waals surface area contributed by atoms with Crippen molar-refractivity contribution >= 4 is 23.6 Å². The van der Waals surface area contributed by atoms with Crippen LogP contribution in [0.25, 0.3) is 0 Å². The maximum absolute atomic E-state index is 11.4. The van der Waals surface area contributed by atoms with Gasteiger partial charge in [0.05, 0.1) is 17.9 Å². The molecule has 1 aromatic heterocycles. The molecule has 1 unspecified atom stereocenters. The Balaban J connectivity index is 2.18. The fourth-order valence-corrected chi connectivity index (χ4v) is 3.07. The lowest BCUT2D eigenvalue weighted by molar-refractivity contribution is -0.145. The highest BCUT2D eigenvalue weighted by Gasteiger charge is 2.26. The number of ether oxygens (including phenoxy) is 1. The van der Waals surface area contributed by atoms with Crippen molar-refractivity contribution in [2.45, 2.75) is 19.3 Å². The summed E-state index contributed by atoms with van der Waals surface area (Å²) in [6.45, 7) is 0. The van der Waals surface area contributed by atoms with Gasteiger partial charge in [-0.05, 0) is 30.9 Å². The number of thiophene rings is 1. The van der Waals surface area contributed by atoms with Gasteiger partial charge in [0.1, 0.15) is 0 Å². The Bertz CT molecular complexity index is 395. The third kappa shape index (κ3) is 1.95. The second-order valence-corrected chi connectivity index (χ2v) is 4.85. The molecular formula is C11H12O3S. The summed E-state index contributed by atoms with van der Waals surface area (Å²) in [6, 6.07) is 1.93. The lowest BCUT2D eigenvalue weighted by Crippen LogP contribution is -2.22. The van der Waals surface area contributed by atoms with E-state index in [4.69, 9.17) is 4.74 Å². The van der Waals surface area contributed by atoms with E-state index in [2.05, 4.69) is 0 Å². The molecule has 0 radical (unpaired) electrons.